The zero-order valence-corrected chi connectivity index (χ0v) is 10.9. The molecule has 0 aromatic heterocycles. The number of hydrogen-bond donors (Lipinski definition) is 4. The number of carboxylic acid groups (broad SMARTS) is 1. The van der Waals surface area contributed by atoms with Gasteiger partial charge in [-0.15, -0.1) is 0 Å². The smallest absolute Gasteiger partial charge is 0.323 e. The highest BCUT2D eigenvalue weighted by molar-refractivity contribution is 5.74. The minimum absolute atomic E-state index is 0.0229. The molecule has 19 heavy (non-hydrogen) atoms. The lowest BCUT2D eigenvalue weighted by Crippen LogP contribution is -2.46. The third kappa shape index (κ3) is 4.51. The topological polar surface area (TPSA) is 99.0 Å². The van der Waals surface area contributed by atoms with Crippen molar-refractivity contribution < 1.29 is 24.9 Å². The van der Waals surface area contributed by atoms with Gasteiger partial charge in [0.15, 0.2) is 0 Å². The molecule has 6 nitrogen and oxygen atoms in total. The SMILES string of the molecule is COc1cccc(C(O)CNC(C(=O)O)C(C)O)c1. The van der Waals surface area contributed by atoms with Crippen molar-refractivity contribution >= 4 is 5.97 Å². The first kappa shape index (κ1) is 15.4. The van der Waals surface area contributed by atoms with E-state index in [1.807, 2.05) is 0 Å². The summed E-state index contributed by atoms with van der Waals surface area (Å²) in [5, 5.41) is 30.8. The van der Waals surface area contributed by atoms with Crippen LogP contribution < -0.4 is 10.1 Å². The molecule has 0 saturated carbocycles. The Labute approximate surface area is 111 Å². The van der Waals surface area contributed by atoms with Crippen LogP contribution in [-0.4, -0.2) is 47.1 Å². The first-order valence-corrected chi connectivity index (χ1v) is 5.92. The first-order valence-electron chi connectivity index (χ1n) is 5.92. The maximum Gasteiger partial charge on any atom is 0.323 e. The van der Waals surface area contributed by atoms with Crippen molar-refractivity contribution in [2.75, 3.05) is 13.7 Å². The number of ether oxygens (including phenoxy) is 1. The van der Waals surface area contributed by atoms with Crippen LogP contribution in [0.4, 0.5) is 0 Å². The van der Waals surface area contributed by atoms with Gasteiger partial charge >= 0.3 is 5.97 Å². The fraction of sp³-hybridized carbons (Fsp3) is 0.462. The van der Waals surface area contributed by atoms with Gasteiger partial charge in [-0.2, -0.15) is 0 Å². The van der Waals surface area contributed by atoms with Crippen molar-refractivity contribution in [1.82, 2.24) is 5.32 Å². The van der Waals surface area contributed by atoms with E-state index in [1.165, 1.54) is 14.0 Å². The molecule has 6 heteroatoms. The monoisotopic (exact) mass is 269 g/mol. The molecule has 1 rings (SSSR count). The minimum atomic E-state index is -1.16. The normalized spacial score (nSPS) is 15.6. The van der Waals surface area contributed by atoms with Crippen LogP contribution in [0.5, 0.6) is 5.75 Å². The Morgan fingerprint density at radius 3 is 2.63 bits per heavy atom. The van der Waals surface area contributed by atoms with E-state index in [-0.39, 0.29) is 6.54 Å². The molecule has 106 valence electrons. The molecule has 0 radical (unpaired) electrons. The van der Waals surface area contributed by atoms with Crippen LogP contribution in [0.1, 0.15) is 18.6 Å². The summed E-state index contributed by atoms with van der Waals surface area (Å²) >= 11 is 0. The Hall–Kier alpha value is -1.63. The van der Waals surface area contributed by atoms with Gasteiger partial charge < -0.3 is 20.1 Å². The van der Waals surface area contributed by atoms with Crippen molar-refractivity contribution in [3.05, 3.63) is 29.8 Å². The summed E-state index contributed by atoms with van der Waals surface area (Å²) < 4.78 is 5.04. The molecule has 3 unspecified atom stereocenters. The Morgan fingerprint density at radius 2 is 2.11 bits per heavy atom. The number of hydrogen-bond acceptors (Lipinski definition) is 5. The second-order valence-corrected chi connectivity index (χ2v) is 4.26. The number of carbonyl (C=O) groups is 1. The quantitative estimate of drug-likeness (QED) is 0.562. The number of aliphatic hydroxyl groups is 2. The molecule has 3 atom stereocenters. The van der Waals surface area contributed by atoms with E-state index in [9.17, 15) is 15.0 Å². The van der Waals surface area contributed by atoms with Crippen molar-refractivity contribution in [3.8, 4) is 5.75 Å². The van der Waals surface area contributed by atoms with E-state index >= 15 is 0 Å². The molecule has 0 aliphatic carbocycles. The summed E-state index contributed by atoms with van der Waals surface area (Å²) in [5.74, 6) is -0.547. The molecular weight excluding hydrogens is 250 g/mol. The number of benzene rings is 1. The fourth-order valence-corrected chi connectivity index (χ4v) is 1.67. The maximum atomic E-state index is 10.9. The molecule has 0 spiro atoms. The predicted molar refractivity (Wildman–Crippen MR) is 69.1 cm³/mol. The summed E-state index contributed by atoms with van der Waals surface area (Å²) in [5.41, 5.74) is 0.613. The van der Waals surface area contributed by atoms with Gasteiger partial charge in [0.05, 0.1) is 19.3 Å². The lowest BCUT2D eigenvalue weighted by Gasteiger charge is -2.19. The summed E-state index contributed by atoms with van der Waals surface area (Å²) in [4.78, 5) is 10.9. The van der Waals surface area contributed by atoms with Crippen LogP contribution in [-0.2, 0) is 4.79 Å². The molecule has 0 saturated heterocycles. The molecule has 4 N–H and O–H groups in total. The Balaban J connectivity index is 2.63. The largest absolute Gasteiger partial charge is 0.497 e. The third-order valence-corrected chi connectivity index (χ3v) is 2.76. The Bertz CT molecular complexity index is 421. The van der Waals surface area contributed by atoms with Crippen molar-refractivity contribution in [1.29, 1.82) is 0 Å². The Kier molecular flexibility index (Phi) is 5.75. The van der Waals surface area contributed by atoms with Crippen LogP contribution in [0.2, 0.25) is 0 Å². The van der Waals surface area contributed by atoms with E-state index in [4.69, 9.17) is 9.84 Å². The van der Waals surface area contributed by atoms with E-state index < -0.39 is 24.2 Å². The number of nitrogens with one attached hydrogen (secondary N) is 1. The van der Waals surface area contributed by atoms with Crippen LogP contribution in [0.25, 0.3) is 0 Å². The summed E-state index contributed by atoms with van der Waals surface area (Å²) in [6.45, 7) is 1.40. The summed E-state index contributed by atoms with van der Waals surface area (Å²) in [7, 11) is 1.53. The number of aliphatic carboxylic acids is 1. The van der Waals surface area contributed by atoms with Crippen molar-refractivity contribution in [3.63, 3.8) is 0 Å². The highest BCUT2D eigenvalue weighted by atomic mass is 16.5. The molecule has 0 fully saturated rings. The molecule has 0 heterocycles. The van der Waals surface area contributed by atoms with Crippen LogP contribution in [0.15, 0.2) is 24.3 Å². The second-order valence-electron chi connectivity index (χ2n) is 4.26. The van der Waals surface area contributed by atoms with Gasteiger partial charge in [0.25, 0.3) is 0 Å². The summed E-state index contributed by atoms with van der Waals surface area (Å²) in [6, 6.07) is 5.76. The molecular formula is C13H19NO5. The number of methoxy groups -OCH3 is 1. The average molecular weight is 269 g/mol. The van der Waals surface area contributed by atoms with Crippen molar-refractivity contribution in [2.24, 2.45) is 0 Å². The zero-order chi connectivity index (χ0) is 14.4. The number of aliphatic hydroxyl groups excluding tert-OH is 2. The van der Waals surface area contributed by atoms with E-state index in [1.54, 1.807) is 24.3 Å². The molecule has 1 aromatic rings. The Morgan fingerprint density at radius 1 is 1.42 bits per heavy atom. The van der Waals surface area contributed by atoms with Gasteiger partial charge in [-0.25, -0.2) is 0 Å². The molecule has 0 bridgehead atoms. The van der Waals surface area contributed by atoms with Gasteiger partial charge in [-0.05, 0) is 24.6 Å². The van der Waals surface area contributed by atoms with Crippen LogP contribution in [0.3, 0.4) is 0 Å². The molecule has 0 amide bonds. The molecule has 0 aliphatic rings. The standard InChI is InChI=1S/C13H19NO5/c1-8(15)12(13(17)18)14-7-11(16)9-4-3-5-10(6-9)19-2/h3-6,8,11-12,14-16H,7H2,1-2H3,(H,17,18). The lowest BCUT2D eigenvalue weighted by molar-refractivity contribution is -0.142. The second kappa shape index (κ2) is 7.08. The van der Waals surface area contributed by atoms with Gasteiger partial charge in [0.2, 0.25) is 0 Å². The fourth-order valence-electron chi connectivity index (χ4n) is 1.67. The van der Waals surface area contributed by atoms with Crippen LogP contribution in [0, 0.1) is 0 Å². The van der Waals surface area contributed by atoms with Gasteiger partial charge in [0.1, 0.15) is 11.8 Å². The molecule has 0 aliphatic heterocycles. The van der Waals surface area contributed by atoms with Gasteiger partial charge in [0, 0.05) is 6.54 Å². The average Bonchev–Trinajstić information content (AvgIpc) is 2.38. The maximum absolute atomic E-state index is 10.9. The van der Waals surface area contributed by atoms with Crippen molar-refractivity contribution in [2.45, 2.75) is 25.2 Å². The van der Waals surface area contributed by atoms with E-state index in [0.717, 1.165) is 0 Å². The zero-order valence-electron chi connectivity index (χ0n) is 10.9. The van der Waals surface area contributed by atoms with Gasteiger partial charge in [-0.1, -0.05) is 12.1 Å². The van der Waals surface area contributed by atoms with Crippen LogP contribution >= 0.6 is 0 Å². The van der Waals surface area contributed by atoms with E-state index in [0.29, 0.717) is 11.3 Å². The first-order chi connectivity index (χ1) is 8.95. The van der Waals surface area contributed by atoms with Gasteiger partial charge in [-0.3, -0.25) is 10.1 Å². The highest BCUT2D eigenvalue weighted by Gasteiger charge is 2.23. The molecule has 1 aromatic carbocycles. The minimum Gasteiger partial charge on any atom is -0.497 e. The highest BCUT2D eigenvalue weighted by Crippen LogP contribution is 2.18. The third-order valence-electron chi connectivity index (χ3n) is 2.76. The summed E-state index contributed by atoms with van der Waals surface area (Å²) in [6.07, 6.45) is -1.93. The number of carboxylic acids is 1. The predicted octanol–water partition coefficient (Wildman–Crippen LogP) is 0.152. The van der Waals surface area contributed by atoms with E-state index in [2.05, 4.69) is 5.32 Å². The lowest BCUT2D eigenvalue weighted by atomic mass is 10.1. The number of rotatable bonds is 7.